The third-order valence-electron chi connectivity index (χ3n) is 11.2. The Balaban J connectivity index is 1.17. The average molecular weight is 714 g/mol. The van der Waals surface area contributed by atoms with Gasteiger partial charge in [-0.2, -0.15) is 0 Å². The second-order valence-corrected chi connectivity index (χ2v) is 14.4. The average Bonchev–Trinajstić information content (AvgIpc) is 3.65. The van der Waals surface area contributed by atoms with Crippen LogP contribution in [0.4, 0.5) is 17.1 Å². The fourth-order valence-electron chi connectivity index (χ4n) is 8.66. The maximum Gasteiger partial charge on any atom is 0.135 e. The molecule has 2 heteroatoms. The van der Waals surface area contributed by atoms with Gasteiger partial charge in [0, 0.05) is 33.1 Å². The SMILES string of the molecule is c1ccc(-c2c(N(c3ccc(-c4cccc5ccccc45)cc3)c3cccc(-c4ccc5oc6ccccc6c5c4)c3)c3ccccc3c3ccccc23)cc1. The van der Waals surface area contributed by atoms with Crippen LogP contribution in [0.2, 0.25) is 0 Å². The topological polar surface area (TPSA) is 16.4 Å². The van der Waals surface area contributed by atoms with E-state index in [4.69, 9.17) is 4.42 Å². The monoisotopic (exact) mass is 713 g/mol. The molecule has 11 rings (SSSR count). The second kappa shape index (κ2) is 13.2. The van der Waals surface area contributed by atoms with Crippen molar-refractivity contribution in [2.24, 2.45) is 0 Å². The molecule has 0 atom stereocenters. The van der Waals surface area contributed by atoms with E-state index in [-0.39, 0.29) is 0 Å². The van der Waals surface area contributed by atoms with Crippen molar-refractivity contribution in [2.75, 3.05) is 4.90 Å². The van der Waals surface area contributed by atoms with E-state index in [1.165, 1.54) is 54.6 Å². The van der Waals surface area contributed by atoms with Gasteiger partial charge in [0.15, 0.2) is 0 Å². The van der Waals surface area contributed by atoms with E-state index in [1.54, 1.807) is 0 Å². The van der Waals surface area contributed by atoms with Crippen LogP contribution in [0.15, 0.2) is 217 Å². The summed E-state index contributed by atoms with van der Waals surface area (Å²) >= 11 is 0. The standard InChI is InChI=1S/C54H35NO/c1-2-15-38(16-3-1)53-48-24-8-6-21-45(48)46-22-7-9-25-49(46)54(53)55(41-31-28-37(29-32-41)44-26-13-17-36-14-4-5-20-43(36)44)42-19-12-18-39(34-42)40-30-33-52-50(35-40)47-23-10-11-27-51(47)56-52/h1-35H. The summed E-state index contributed by atoms with van der Waals surface area (Å²) in [6.07, 6.45) is 0. The summed E-state index contributed by atoms with van der Waals surface area (Å²) in [5, 5.41) is 9.62. The van der Waals surface area contributed by atoms with Crippen LogP contribution in [0, 0.1) is 0 Å². The molecule has 0 fully saturated rings. The van der Waals surface area contributed by atoms with Crippen LogP contribution >= 0.6 is 0 Å². The van der Waals surface area contributed by atoms with Crippen LogP contribution in [0.1, 0.15) is 0 Å². The van der Waals surface area contributed by atoms with E-state index in [1.807, 2.05) is 12.1 Å². The maximum atomic E-state index is 6.21. The van der Waals surface area contributed by atoms with Crippen LogP contribution in [0.3, 0.4) is 0 Å². The summed E-state index contributed by atoms with van der Waals surface area (Å²) < 4.78 is 6.21. The van der Waals surface area contributed by atoms with Crippen LogP contribution in [0.25, 0.3) is 87.6 Å². The molecule has 0 saturated carbocycles. The van der Waals surface area contributed by atoms with Gasteiger partial charge in [0.25, 0.3) is 0 Å². The molecule has 1 heterocycles. The summed E-state index contributed by atoms with van der Waals surface area (Å²) in [4.78, 5) is 2.47. The van der Waals surface area contributed by atoms with Crippen molar-refractivity contribution in [2.45, 2.75) is 0 Å². The molecule has 0 radical (unpaired) electrons. The van der Waals surface area contributed by atoms with Crippen molar-refractivity contribution in [3.63, 3.8) is 0 Å². The first-order valence-corrected chi connectivity index (χ1v) is 19.2. The van der Waals surface area contributed by atoms with Gasteiger partial charge in [-0.25, -0.2) is 0 Å². The lowest BCUT2D eigenvalue weighted by Crippen LogP contribution is -2.12. The van der Waals surface area contributed by atoms with Crippen molar-refractivity contribution in [1.29, 1.82) is 0 Å². The van der Waals surface area contributed by atoms with Gasteiger partial charge in [-0.3, -0.25) is 0 Å². The summed E-state index contributed by atoms with van der Waals surface area (Å²) in [7, 11) is 0. The summed E-state index contributed by atoms with van der Waals surface area (Å²) in [5.41, 5.74) is 12.2. The van der Waals surface area contributed by atoms with Gasteiger partial charge >= 0.3 is 0 Å². The number of rotatable bonds is 6. The normalized spacial score (nSPS) is 11.6. The summed E-state index contributed by atoms with van der Waals surface area (Å²) in [6, 6.07) is 76.7. The lowest BCUT2D eigenvalue weighted by atomic mass is 9.89. The van der Waals surface area contributed by atoms with Crippen LogP contribution < -0.4 is 4.90 Å². The van der Waals surface area contributed by atoms with Gasteiger partial charge in [-0.05, 0) is 97.2 Å². The van der Waals surface area contributed by atoms with Crippen molar-refractivity contribution in [3.05, 3.63) is 212 Å². The fraction of sp³-hybridized carbons (Fsp3) is 0. The van der Waals surface area contributed by atoms with Gasteiger partial charge in [-0.15, -0.1) is 0 Å². The van der Waals surface area contributed by atoms with Crippen molar-refractivity contribution in [3.8, 4) is 33.4 Å². The molecule has 0 aliphatic carbocycles. The smallest absolute Gasteiger partial charge is 0.135 e. The Labute approximate surface area is 325 Å². The zero-order chi connectivity index (χ0) is 37.0. The zero-order valence-electron chi connectivity index (χ0n) is 30.6. The molecule has 0 unspecified atom stereocenters. The fourth-order valence-corrected chi connectivity index (χ4v) is 8.66. The molecule has 0 bridgehead atoms. The zero-order valence-corrected chi connectivity index (χ0v) is 30.6. The Morgan fingerprint density at radius 3 is 1.70 bits per heavy atom. The Morgan fingerprint density at radius 2 is 0.875 bits per heavy atom. The Kier molecular flexibility index (Phi) is 7.53. The minimum Gasteiger partial charge on any atom is -0.456 e. The van der Waals surface area contributed by atoms with Crippen molar-refractivity contribution in [1.82, 2.24) is 0 Å². The van der Waals surface area contributed by atoms with Gasteiger partial charge < -0.3 is 9.32 Å². The van der Waals surface area contributed by atoms with E-state index in [9.17, 15) is 0 Å². The molecular formula is C54H35NO. The number of furan rings is 1. The van der Waals surface area contributed by atoms with E-state index in [2.05, 4.69) is 205 Å². The van der Waals surface area contributed by atoms with Gasteiger partial charge in [0.1, 0.15) is 11.2 Å². The Hall–Kier alpha value is -7.42. The third-order valence-corrected chi connectivity index (χ3v) is 11.2. The lowest BCUT2D eigenvalue weighted by Gasteiger charge is -2.31. The largest absolute Gasteiger partial charge is 0.456 e. The Morgan fingerprint density at radius 1 is 0.304 bits per heavy atom. The highest BCUT2D eigenvalue weighted by atomic mass is 16.3. The molecule has 10 aromatic carbocycles. The van der Waals surface area contributed by atoms with Crippen LogP contribution in [-0.4, -0.2) is 0 Å². The molecule has 0 N–H and O–H groups in total. The first-order valence-electron chi connectivity index (χ1n) is 19.2. The first-order chi connectivity index (χ1) is 27.8. The number of benzene rings is 10. The number of fused-ring (bicyclic) bond motifs is 7. The van der Waals surface area contributed by atoms with Gasteiger partial charge in [0.05, 0.1) is 5.69 Å². The lowest BCUT2D eigenvalue weighted by molar-refractivity contribution is 0.669. The van der Waals surface area contributed by atoms with E-state index in [0.29, 0.717) is 0 Å². The molecule has 0 amide bonds. The number of hydrogen-bond acceptors (Lipinski definition) is 2. The molecule has 0 aliphatic heterocycles. The predicted molar refractivity (Wildman–Crippen MR) is 237 cm³/mol. The number of para-hydroxylation sites is 1. The highest BCUT2D eigenvalue weighted by Crippen LogP contribution is 2.50. The second-order valence-electron chi connectivity index (χ2n) is 14.4. The first kappa shape index (κ1) is 32.0. The van der Waals surface area contributed by atoms with E-state index >= 15 is 0 Å². The quantitative estimate of drug-likeness (QED) is 0.160. The molecule has 0 aliphatic rings. The maximum absolute atomic E-state index is 6.21. The third kappa shape index (κ3) is 5.26. The highest BCUT2D eigenvalue weighted by molar-refractivity contribution is 6.22. The molecule has 262 valence electrons. The predicted octanol–water partition coefficient (Wildman–Crippen LogP) is 15.5. The number of anilines is 3. The van der Waals surface area contributed by atoms with E-state index in [0.717, 1.165) is 50.1 Å². The van der Waals surface area contributed by atoms with Gasteiger partial charge in [-0.1, -0.05) is 170 Å². The van der Waals surface area contributed by atoms with Crippen molar-refractivity contribution >= 4 is 71.3 Å². The van der Waals surface area contributed by atoms with Crippen LogP contribution in [0.5, 0.6) is 0 Å². The van der Waals surface area contributed by atoms with E-state index < -0.39 is 0 Å². The minimum absolute atomic E-state index is 0.897. The van der Waals surface area contributed by atoms with Gasteiger partial charge in [0.2, 0.25) is 0 Å². The molecule has 0 spiro atoms. The summed E-state index contributed by atoms with van der Waals surface area (Å²) in [5.74, 6) is 0. The number of nitrogens with zero attached hydrogens (tertiary/aromatic N) is 1. The molecule has 1 aromatic heterocycles. The minimum atomic E-state index is 0.897. The van der Waals surface area contributed by atoms with Crippen molar-refractivity contribution < 1.29 is 4.42 Å². The molecule has 2 nitrogen and oxygen atoms in total. The number of hydrogen-bond donors (Lipinski definition) is 0. The summed E-state index contributed by atoms with van der Waals surface area (Å²) in [6.45, 7) is 0. The molecular weight excluding hydrogens is 679 g/mol. The molecule has 11 aromatic rings. The highest BCUT2D eigenvalue weighted by Gasteiger charge is 2.24. The molecule has 56 heavy (non-hydrogen) atoms. The molecule has 0 saturated heterocycles. The Bertz CT molecular complexity index is 3240. The van der Waals surface area contributed by atoms with Crippen LogP contribution in [-0.2, 0) is 0 Å².